The van der Waals surface area contributed by atoms with E-state index in [9.17, 15) is 4.79 Å². The maximum absolute atomic E-state index is 10.9. The van der Waals surface area contributed by atoms with Gasteiger partial charge in [0.25, 0.3) is 0 Å². The maximum Gasteiger partial charge on any atom is 0.508 e. The molecule has 0 aliphatic heterocycles. The first-order valence-corrected chi connectivity index (χ1v) is 5.39. The molecule has 0 fully saturated rings. The Morgan fingerprint density at radius 2 is 1.56 bits per heavy atom. The second-order valence-electron chi connectivity index (χ2n) is 4.04. The first-order valence-electron chi connectivity index (χ1n) is 5.39. The molecule has 88 valence electrons. The monoisotopic (exact) mass is 222 g/mol. The molecule has 1 unspecified atom stereocenters. The number of carbonyl (C=O) groups excluding carboxylic acids is 1. The minimum absolute atomic E-state index is 0.284. The zero-order valence-electron chi connectivity index (χ0n) is 10.2. The van der Waals surface area contributed by atoms with Gasteiger partial charge in [-0.1, -0.05) is 38.1 Å². The van der Waals surface area contributed by atoms with Crippen molar-refractivity contribution in [2.24, 2.45) is 0 Å². The number of methoxy groups -OCH3 is 1. The molecule has 1 rings (SSSR count). The molecule has 1 aromatic rings. The van der Waals surface area contributed by atoms with Crippen LogP contribution in [-0.2, 0) is 9.47 Å². The maximum atomic E-state index is 10.9. The lowest BCUT2D eigenvalue weighted by Crippen LogP contribution is -2.08. The lowest BCUT2D eigenvalue weighted by Gasteiger charge is -2.13. The van der Waals surface area contributed by atoms with Crippen molar-refractivity contribution in [3.63, 3.8) is 0 Å². The van der Waals surface area contributed by atoms with Gasteiger partial charge in [-0.3, -0.25) is 0 Å². The highest BCUT2D eigenvalue weighted by Crippen LogP contribution is 2.20. The van der Waals surface area contributed by atoms with Gasteiger partial charge in [-0.25, -0.2) is 4.79 Å². The van der Waals surface area contributed by atoms with E-state index in [1.165, 1.54) is 12.7 Å². The van der Waals surface area contributed by atoms with Crippen LogP contribution in [0.3, 0.4) is 0 Å². The Kier molecular flexibility index (Phi) is 4.35. The SMILES string of the molecule is COC(=O)OC(C)c1ccc(C(C)C)cc1. The van der Waals surface area contributed by atoms with Gasteiger partial charge in [-0.15, -0.1) is 0 Å². The van der Waals surface area contributed by atoms with Crippen LogP contribution < -0.4 is 0 Å². The van der Waals surface area contributed by atoms with Crippen LogP contribution >= 0.6 is 0 Å². The fourth-order valence-corrected chi connectivity index (χ4v) is 1.41. The van der Waals surface area contributed by atoms with Gasteiger partial charge in [-0.05, 0) is 24.0 Å². The molecule has 0 amide bonds. The van der Waals surface area contributed by atoms with Crippen LogP contribution in [0, 0.1) is 0 Å². The van der Waals surface area contributed by atoms with Crippen LogP contribution in [0.4, 0.5) is 4.79 Å². The number of benzene rings is 1. The third kappa shape index (κ3) is 3.26. The Morgan fingerprint density at radius 1 is 1.06 bits per heavy atom. The molecule has 0 saturated heterocycles. The topological polar surface area (TPSA) is 35.5 Å². The Hall–Kier alpha value is -1.51. The van der Waals surface area contributed by atoms with E-state index in [1.807, 2.05) is 19.1 Å². The number of rotatable bonds is 3. The first kappa shape index (κ1) is 12.6. The fraction of sp³-hybridized carbons (Fsp3) is 0.462. The summed E-state index contributed by atoms with van der Waals surface area (Å²) in [6, 6.07) is 8.06. The molecule has 3 nitrogen and oxygen atoms in total. The molecule has 16 heavy (non-hydrogen) atoms. The molecule has 0 aromatic heterocycles. The van der Waals surface area contributed by atoms with Crippen molar-refractivity contribution >= 4 is 6.16 Å². The molecule has 0 heterocycles. The number of ether oxygens (including phenoxy) is 2. The van der Waals surface area contributed by atoms with E-state index in [0.29, 0.717) is 5.92 Å². The summed E-state index contributed by atoms with van der Waals surface area (Å²) in [4.78, 5) is 10.9. The van der Waals surface area contributed by atoms with Gasteiger partial charge in [0.05, 0.1) is 7.11 Å². The lowest BCUT2D eigenvalue weighted by molar-refractivity contribution is 0.0430. The minimum Gasteiger partial charge on any atom is -0.438 e. The van der Waals surface area contributed by atoms with E-state index >= 15 is 0 Å². The molecular formula is C13H18O3. The second-order valence-corrected chi connectivity index (χ2v) is 4.04. The average Bonchev–Trinajstić information content (AvgIpc) is 2.28. The van der Waals surface area contributed by atoms with Gasteiger partial charge >= 0.3 is 6.16 Å². The molecule has 3 heteroatoms. The van der Waals surface area contributed by atoms with Crippen molar-refractivity contribution in [1.82, 2.24) is 0 Å². The third-order valence-electron chi connectivity index (χ3n) is 2.51. The number of hydrogen-bond donors (Lipinski definition) is 0. The van der Waals surface area contributed by atoms with E-state index in [2.05, 4.69) is 30.7 Å². The van der Waals surface area contributed by atoms with Crippen molar-refractivity contribution < 1.29 is 14.3 Å². The summed E-state index contributed by atoms with van der Waals surface area (Å²) in [6.45, 7) is 6.11. The summed E-state index contributed by atoms with van der Waals surface area (Å²) in [7, 11) is 1.30. The Labute approximate surface area is 96.4 Å². The van der Waals surface area contributed by atoms with Crippen LogP contribution in [0.25, 0.3) is 0 Å². The molecule has 0 bridgehead atoms. The molecule has 1 aromatic carbocycles. The van der Waals surface area contributed by atoms with Crippen molar-refractivity contribution in [2.45, 2.75) is 32.8 Å². The van der Waals surface area contributed by atoms with Crippen molar-refractivity contribution in [3.05, 3.63) is 35.4 Å². The third-order valence-corrected chi connectivity index (χ3v) is 2.51. The Balaban J connectivity index is 2.70. The molecule has 0 aliphatic carbocycles. The zero-order chi connectivity index (χ0) is 12.1. The predicted molar refractivity (Wildman–Crippen MR) is 62.4 cm³/mol. The summed E-state index contributed by atoms with van der Waals surface area (Å²) >= 11 is 0. The highest BCUT2D eigenvalue weighted by atomic mass is 16.7. The van der Waals surface area contributed by atoms with Crippen LogP contribution in [0.2, 0.25) is 0 Å². The average molecular weight is 222 g/mol. The highest BCUT2D eigenvalue weighted by molar-refractivity contribution is 5.60. The molecule has 0 saturated carbocycles. The first-order chi connectivity index (χ1) is 7.54. The van der Waals surface area contributed by atoms with Crippen molar-refractivity contribution in [3.8, 4) is 0 Å². The van der Waals surface area contributed by atoms with E-state index in [1.54, 1.807) is 0 Å². The summed E-state index contributed by atoms with van der Waals surface area (Å²) in [5, 5.41) is 0. The second kappa shape index (κ2) is 5.54. The predicted octanol–water partition coefficient (Wildman–Crippen LogP) is 3.65. The number of hydrogen-bond acceptors (Lipinski definition) is 3. The molecular weight excluding hydrogens is 204 g/mol. The zero-order valence-corrected chi connectivity index (χ0v) is 10.2. The van der Waals surface area contributed by atoms with Crippen LogP contribution in [-0.4, -0.2) is 13.3 Å². The van der Waals surface area contributed by atoms with E-state index < -0.39 is 6.16 Å². The van der Waals surface area contributed by atoms with Gasteiger partial charge in [-0.2, -0.15) is 0 Å². The quantitative estimate of drug-likeness (QED) is 0.732. The molecule has 0 radical (unpaired) electrons. The summed E-state index contributed by atoms with van der Waals surface area (Å²) < 4.78 is 9.47. The highest BCUT2D eigenvalue weighted by Gasteiger charge is 2.11. The van der Waals surface area contributed by atoms with Crippen LogP contribution in [0.15, 0.2) is 24.3 Å². The summed E-state index contributed by atoms with van der Waals surface area (Å²) in [5.74, 6) is 0.505. The summed E-state index contributed by atoms with van der Waals surface area (Å²) in [5.41, 5.74) is 2.24. The molecule has 1 atom stereocenters. The van der Waals surface area contributed by atoms with Gasteiger partial charge in [0.15, 0.2) is 0 Å². The minimum atomic E-state index is -0.652. The van der Waals surface area contributed by atoms with Crippen molar-refractivity contribution in [1.29, 1.82) is 0 Å². The molecule has 0 aliphatic rings. The van der Waals surface area contributed by atoms with Gasteiger partial charge in [0, 0.05) is 0 Å². The lowest BCUT2D eigenvalue weighted by atomic mass is 10.0. The van der Waals surface area contributed by atoms with Gasteiger partial charge in [0.2, 0.25) is 0 Å². The normalized spacial score (nSPS) is 12.3. The van der Waals surface area contributed by atoms with E-state index in [-0.39, 0.29) is 6.10 Å². The fourth-order valence-electron chi connectivity index (χ4n) is 1.41. The Bertz CT molecular complexity index is 341. The largest absolute Gasteiger partial charge is 0.508 e. The van der Waals surface area contributed by atoms with E-state index in [4.69, 9.17) is 4.74 Å². The molecule has 0 spiro atoms. The van der Waals surface area contributed by atoms with Gasteiger partial charge < -0.3 is 9.47 Å². The standard InChI is InChI=1S/C13H18O3/c1-9(2)11-5-7-12(8-6-11)10(3)16-13(14)15-4/h5-10H,1-4H3. The number of carbonyl (C=O) groups is 1. The van der Waals surface area contributed by atoms with Gasteiger partial charge in [0.1, 0.15) is 6.10 Å². The molecule has 0 N–H and O–H groups in total. The van der Waals surface area contributed by atoms with Crippen molar-refractivity contribution in [2.75, 3.05) is 7.11 Å². The van der Waals surface area contributed by atoms with Crippen LogP contribution in [0.1, 0.15) is 43.9 Å². The Morgan fingerprint density at radius 3 is 2.00 bits per heavy atom. The summed E-state index contributed by atoms with van der Waals surface area (Å²) in [6.07, 6.45) is -0.936. The van der Waals surface area contributed by atoms with Crippen LogP contribution in [0.5, 0.6) is 0 Å². The smallest absolute Gasteiger partial charge is 0.438 e. The van der Waals surface area contributed by atoms with E-state index in [0.717, 1.165) is 5.56 Å².